The molecule has 0 N–H and O–H groups in total. The van der Waals surface area contributed by atoms with Crippen LogP contribution in [0.5, 0.6) is 0 Å². The molecule has 0 heterocycles. The minimum Gasteiger partial charge on any atom is -0.378 e. The number of azide groups is 2. The Kier molecular flexibility index (Phi) is 12.3. The Balaban J connectivity index is 1.61. The minimum absolute atomic E-state index is 0.0331. The van der Waals surface area contributed by atoms with Gasteiger partial charge in [-0.15, -0.1) is 0 Å². The molecule has 0 saturated heterocycles. The van der Waals surface area contributed by atoms with Crippen molar-refractivity contribution in [1.29, 1.82) is 0 Å². The van der Waals surface area contributed by atoms with Crippen LogP contribution in [0.15, 0.2) is 10.2 Å². The summed E-state index contributed by atoms with van der Waals surface area (Å²) in [6.07, 6.45) is 12.7. The van der Waals surface area contributed by atoms with Gasteiger partial charge in [0.1, 0.15) is 0 Å². The molecule has 0 aromatic carbocycles. The van der Waals surface area contributed by atoms with Gasteiger partial charge in [-0.2, -0.15) is 8.42 Å². The molecule has 4 rings (SSSR count). The summed E-state index contributed by atoms with van der Waals surface area (Å²) in [7, 11) is -3.44. The van der Waals surface area contributed by atoms with Gasteiger partial charge in [0.05, 0.1) is 25.1 Å². The first kappa shape index (κ1) is 35.3. The highest BCUT2D eigenvalue weighted by atomic mass is 32.2. The Morgan fingerprint density at radius 2 is 1.59 bits per heavy atom. The smallest absolute Gasteiger partial charge is 0.264 e. The lowest BCUT2D eigenvalue weighted by molar-refractivity contribution is -0.223. The summed E-state index contributed by atoms with van der Waals surface area (Å²) in [6.45, 7) is 12.1. The van der Waals surface area contributed by atoms with E-state index in [0.29, 0.717) is 74.7 Å². The van der Waals surface area contributed by atoms with Gasteiger partial charge in [-0.1, -0.05) is 44.3 Å². The maximum Gasteiger partial charge on any atom is 0.264 e. The van der Waals surface area contributed by atoms with Crippen molar-refractivity contribution in [2.24, 2.45) is 62.5 Å². The molecule has 12 heteroatoms. The topological polar surface area (TPSA) is 159 Å². The van der Waals surface area contributed by atoms with Gasteiger partial charge in [0.2, 0.25) is 0 Å². The maximum absolute atomic E-state index is 11.5. The number of ether oxygens (including phenoxy) is 2. The third kappa shape index (κ3) is 7.87. The molecule has 0 aliphatic heterocycles. The van der Waals surface area contributed by atoms with Gasteiger partial charge in [-0.3, -0.25) is 4.18 Å². The van der Waals surface area contributed by atoms with Crippen molar-refractivity contribution in [2.45, 2.75) is 111 Å². The van der Waals surface area contributed by atoms with Crippen LogP contribution in [0.25, 0.3) is 20.9 Å². The zero-order chi connectivity index (χ0) is 32.0. The van der Waals surface area contributed by atoms with E-state index in [4.69, 9.17) is 24.7 Å². The average molecular weight is 637 g/mol. The molecule has 4 aliphatic carbocycles. The molecule has 0 aromatic rings. The van der Waals surface area contributed by atoms with E-state index in [1.54, 1.807) is 0 Å². The number of hydrogen-bond donors (Lipinski definition) is 0. The van der Waals surface area contributed by atoms with Gasteiger partial charge in [-0.25, -0.2) is 0 Å². The lowest BCUT2D eigenvalue weighted by Crippen LogP contribution is -2.63. The Labute approximate surface area is 264 Å². The van der Waals surface area contributed by atoms with Gasteiger partial charge < -0.3 is 9.47 Å². The molecular weight excluding hydrogens is 580 g/mol. The van der Waals surface area contributed by atoms with E-state index >= 15 is 0 Å². The summed E-state index contributed by atoms with van der Waals surface area (Å²) < 4.78 is 41.8. The molecule has 4 saturated carbocycles. The molecule has 0 aromatic heterocycles. The fraction of sp³-hybridized carbons (Fsp3) is 1.00. The van der Waals surface area contributed by atoms with Crippen molar-refractivity contribution < 1.29 is 22.1 Å². The average Bonchev–Trinajstić information content (AvgIpc) is 3.33. The summed E-state index contributed by atoms with van der Waals surface area (Å²) in [4.78, 5) is 5.84. The molecule has 11 nitrogen and oxygen atoms in total. The third-order valence-corrected chi connectivity index (χ3v) is 13.0. The van der Waals surface area contributed by atoms with E-state index < -0.39 is 10.1 Å². The Morgan fingerprint density at radius 3 is 2.25 bits per heavy atom. The summed E-state index contributed by atoms with van der Waals surface area (Å²) >= 11 is 0. The second-order valence-electron chi connectivity index (χ2n) is 14.9. The van der Waals surface area contributed by atoms with Gasteiger partial charge in [0.25, 0.3) is 10.1 Å². The van der Waals surface area contributed by atoms with Crippen molar-refractivity contribution in [1.82, 2.24) is 0 Å². The van der Waals surface area contributed by atoms with E-state index in [1.165, 1.54) is 19.3 Å². The lowest BCUT2D eigenvalue weighted by atomic mass is 9.42. The standard InChI is InChI=1S/C32H56N6O5S/c1-22-12-13-31(3)24(19-22)20-28(41-16-7-14-35-37-33)30-26-11-10-25(23(2)9-6-18-43-44(5,39)40)32(26,4)29(21-27(30)31)42-17-8-15-36-38-34/h22-30H,6-21H2,1-5H3/t22-,23-,24?,25?,26+,27+,28-,29+,30?,31+,32-/m1/s1. The first-order valence-electron chi connectivity index (χ1n) is 17.0. The first-order valence-corrected chi connectivity index (χ1v) is 18.9. The van der Waals surface area contributed by atoms with Crippen LogP contribution >= 0.6 is 0 Å². The molecule has 0 radical (unpaired) electrons. The number of rotatable bonds is 16. The highest BCUT2D eigenvalue weighted by Gasteiger charge is 2.66. The van der Waals surface area contributed by atoms with Crippen LogP contribution in [0.3, 0.4) is 0 Å². The van der Waals surface area contributed by atoms with Crippen molar-refractivity contribution in [3.8, 4) is 0 Å². The second-order valence-corrected chi connectivity index (χ2v) is 16.6. The van der Waals surface area contributed by atoms with Crippen LogP contribution in [0.1, 0.15) is 98.3 Å². The van der Waals surface area contributed by atoms with Crippen LogP contribution < -0.4 is 0 Å². The lowest BCUT2D eigenvalue weighted by Gasteiger charge is -2.65. The molecule has 4 aliphatic rings. The van der Waals surface area contributed by atoms with Crippen molar-refractivity contribution in [3.63, 3.8) is 0 Å². The van der Waals surface area contributed by atoms with Gasteiger partial charge in [0, 0.05) is 41.5 Å². The van der Waals surface area contributed by atoms with Gasteiger partial charge in [0.15, 0.2) is 0 Å². The van der Waals surface area contributed by atoms with Crippen LogP contribution in [0.4, 0.5) is 0 Å². The predicted molar refractivity (Wildman–Crippen MR) is 171 cm³/mol. The molecule has 4 fully saturated rings. The van der Waals surface area contributed by atoms with Crippen molar-refractivity contribution >= 4 is 10.1 Å². The summed E-state index contributed by atoms with van der Waals surface area (Å²) in [5, 5.41) is 7.47. The minimum atomic E-state index is -3.44. The molecule has 3 unspecified atom stereocenters. The van der Waals surface area contributed by atoms with Gasteiger partial charge >= 0.3 is 0 Å². The number of nitrogens with zero attached hydrogens (tertiary/aromatic N) is 6. The Morgan fingerprint density at radius 1 is 0.909 bits per heavy atom. The molecular formula is C32H56N6O5S. The summed E-state index contributed by atoms with van der Waals surface area (Å²) in [5.41, 5.74) is 17.7. The summed E-state index contributed by atoms with van der Waals surface area (Å²) in [5.74, 6) is 3.69. The predicted octanol–water partition coefficient (Wildman–Crippen LogP) is 8.06. The van der Waals surface area contributed by atoms with E-state index in [0.717, 1.165) is 50.7 Å². The van der Waals surface area contributed by atoms with E-state index in [2.05, 4.69) is 47.7 Å². The van der Waals surface area contributed by atoms with Crippen LogP contribution in [0.2, 0.25) is 0 Å². The monoisotopic (exact) mass is 636 g/mol. The maximum atomic E-state index is 11.5. The van der Waals surface area contributed by atoms with Gasteiger partial charge in [-0.05, 0) is 122 Å². The molecule has 0 amide bonds. The third-order valence-electron chi connectivity index (χ3n) is 12.4. The van der Waals surface area contributed by atoms with E-state index in [9.17, 15) is 8.42 Å². The van der Waals surface area contributed by atoms with E-state index in [1.807, 2.05) is 0 Å². The van der Waals surface area contributed by atoms with E-state index in [-0.39, 0.29) is 29.6 Å². The number of fused-ring (bicyclic) bond motifs is 5. The molecule has 0 spiro atoms. The largest absolute Gasteiger partial charge is 0.378 e. The molecule has 11 atom stereocenters. The Bertz CT molecular complexity index is 1160. The zero-order valence-electron chi connectivity index (χ0n) is 27.6. The quantitative estimate of drug-likeness (QED) is 0.0550. The van der Waals surface area contributed by atoms with Crippen LogP contribution in [-0.2, 0) is 23.8 Å². The Hall–Kier alpha value is -1.55. The normalized spacial score (nSPS) is 38.8. The van der Waals surface area contributed by atoms with Crippen LogP contribution in [0, 0.1) is 52.3 Å². The van der Waals surface area contributed by atoms with Crippen molar-refractivity contribution in [3.05, 3.63) is 20.9 Å². The highest BCUT2D eigenvalue weighted by molar-refractivity contribution is 7.85. The zero-order valence-corrected chi connectivity index (χ0v) is 28.5. The SMILES string of the molecule is C[C@@H]1CC[C@@]2(C)C(C1)C[C@@H](OCCCN=[N+]=[N-])C1[C@@H]3CCC([C@H](C)CCCOS(C)(=O)=O)[C@@]3(C)[C@@H](OCCCN=[N+]=[N-])C[C@@H]12. The first-order chi connectivity index (χ1) is 21.0. The fourth-order valence-corrected chi connectivity index (χ4v) is 10.8. The molecule has 0 bridgehead atoms. The summed E-state index contributed by atoms with van der Waals surface area (Å²) in [6, 6.07) is 0. The number of hydrogen-bond acceptors (Lipinski definition) is 7. The van der Waals surface area contributed by atoms with Crippen LogP contribution in [-0.4, -0.2) is 59.8 Å². The highest BCUT2D eigenvalue weighted by Crippen LogP contribution is 2.69. The molecule has 250 valence electrons. The second kappa shape index (κ2) is 15.4. The van der Waals surface area contributed by atoms with Crippen molar-refractivity contribution in [2.75, 3.05) is 39.2 Å². The fourth-order valence-electron chi connectivity index (χ4n) is 10.4. The molecule has 44 heavy (non-hydrogen) atoms.